The van der Waals surface area contributed by atoms with Crippen molar-refractivity contribution in [1.29, 1.82) is 0 Å². The maximum Gasteiger partial charge on any atom is 0.308 e. The summed E-state index contributed by atoms with van der Waals surface area (Å²) in [4.78, 5) is 10.3. The van der Waals surface area contributed by atoms with Gasteiger partial charge in [0.1, 0.15) is 0 Å². The standard InChI is InChI=1S/C6H13NO2.ClH/c1-4(2)5(3-7)6(8)9;/h4-5H,3,7H2,1-2H3,(H,8,9);1H/t5-;/m1./s1. The van der Waals surface area contributed by atoms with Crippen molar-refractivity contribution in [1.82, 2.24) is 0 Å². The molecule has 0 unspecified atom stereocenters. The molecule has 4 heteroatoms. The smallest absolute Gasteiger partial charge is 0.308 e. The number of hydrogen-bond acceptors (Lipinski definition) is 2. The van der Waals surface area contributed by atoms with E-state index in [1.54, 1.807) is 0 Å². The molecule has 1 atom stereocenters. The topological polar surface area (TPSA) is 63.3 Å². The number of carboxylic acid groups (broad SMARTS) is 1. The predicted molar refractivity (Wildman–Crippen MR) is 42.3 cm³/mol. The molecule has 62 valence electrons. The fraction of sp³-hybridized carbons (Fsp3) is 0.833. The first-order valence-corrected chi connectivity index (χ1v) is 3.02. The van der Waals surface area contributed by atoms with Gasteiger partial charge in [0.15, 0.2) is 0 Å². The Morgan fingerprint density at radius 3 is 2.00 bits per heavy atom. The van der Waals surface area contributed by atoms with Gasteiger partial charge in [-0.15, -0.1) is 12.4 Å². The van der Waals surface area contributed by atoms with Crippen molar-refractivity contribution in [2.24, 2.45) is 17.6 Å². The van der Waals surface area contributed by atoms with Gasteiger partial charge in [-0.2, -0.15) is 0 Å². The molecule has 0 fully saturated rings. The molecule has 3 nitrogen and oxygen atoms in total. The summed E-state index contributed by atoms with van der Waals surface area (Å²) in [6.45, 7) is 3.93. The molecule has 0 heterocycles. The summed E-state index contributed by atoms with van der Waals surface area (Å²) in [5.41, 5.74) is 5.19. The molecule has 0 aromatic carbocycles. The van der Waals surface area contributed by atoms with E-state index >= 15 is 0 Å². The monoisotopic (exact) mass is 167 g/mol. The lowest BCUT2D eigenvalue weighted by Gasteiger charge is -2.12. The Kier molecular flexibility index (Phi) is 6.82. The maximum atomic E-state index is 10.3. The number of aliphatic carboxylic acids is 1. The lowest BCUT2D eigenvalue weighted by molar-refractivity contribution is -0.142. The van der Waals surface area contributed by atoms with E-state index in [1.165, 1.54) is 0 Å². The minimum Gasteiger partial charge on any atom is -0.481 e. The molecule has 10 heavy (non-hydrogen) atoms. The van der Waals surface area contributed by atoms with E-state index in [9.17, 15) is 4.79 Å². The van der Waals surface area contributed by atoms with Gasteiger partial charge >= 0.3 is 5.97 Å². The molecule has 0 saturated carbocycles. The summed E-state index contributed by atoms with van der Waals surface area (Å²) in [5, 5.41) is 8.46. The molecule has 0 aliphatic heterocycles. The highest BCUT2D eigenvalue weighted by Gasteiger charge is 2.18. The fourth-order valence-electron chi connectivity index (χ4n) is 0.658. The summed E-state index contributed by atoms with van der Waals surface area (Å²) in [7, 11) is 0. The van der Waals surface area contributed by atoms with Crippen LogP contribution in [0.4, 0.5) is 0 Å². The van der Waals surface area contributed by atoms with Crippen LogP contribution in [0.2, 0.25) is 0 Å². The maximum absolute atomic E-state index is 10.3. The quantitative estimate of drug-likeness (QED) is 0.651. The molecule has 0 bridgehead atoms. The third kappa shape index (κ3) is 3.69. The van der Waals surface area contributed by atoms with Crippen LogP contribution in [0.1, 0.15) is 13.8 Å². The second-order valence-electron chi connectivity index (χ2n) is 2.42. The van der Waals surface area contributed by atoms with Crippen LogP contribution < -0.4 is 5.73 Å². The van der Waals surface area contributed by atoms with E-state index in [2.05, 4.69) is 0 Å². The van der Waals surface area contributed by atoms with Crippen LogP contribution in [-0.2, 0) is 4.79 Å². The van der Waals surface area contributed by atoms with Crippen molar-refractivity contribution in [3.63, 3.8) is 0 Å². The zero-order valence-corrected chi connectivity index (χ0v) is 7.02. The summed E-state index contributed by atoms with van der Waals surface area (Å²) >= 11 is 0. The van der Waals surface area contributed by atoms with E-state index in [-0.39, 0.29) is 30.8 Å². The summed E-state index contributed by atoms with van der Waals surface area (Å²) in [6, 6.07) is 0. The molecule has 3 N–H and O–H groups in total. The van der Waals surface area contributed by atoms with E-state index in [1.807, 2.05) is 13.8 Å². The number of hydrogen-bond donors (Lipinski definition) is 2. The Balaban J connectivity index is 0. The van der Waals surface area contributed by atoms with Crippen molar-refractivity contribution in [2.45, 2.75) is 13.8 Å². The predicted octanol–water partition coefficient (Wildman–Crippen LogP) is 0.724. The van der Waals surface area contributed by atoms with Gasteiger partial charge in [-0.1, -0.05) is 13.8 Å². The Hall–Kier alpha value is -0.280. The minimum atomic E-state index is -0.799. The molecular formula is C6H14ClNO2. The van der Waals surface area contributed by atoms with Crippen molar-refractivity contribution in [3.8, 4) is 0 Å². The van der Waals surface area contributed by atoms with Crippen molar-refractivity contribution < 1.29 is 9.90 Å². The first-order chi connectivity index (χ1) is 4.09. The van der Waals surface area contributed by atoms with E-state index in [0.29, 0.717) is 0 Å². The van der Waals surface area contributed by atoms with Crippen LogP contribution in [0.5, 0.6) is 0 Å². The highest BCUT2D eigenvalue weighted by Crippen LogP contribution is 2.07. The Labute approximate surface area is 67.0 Å². The van der Waals surface area contributed by atoms with Gasteiger partial charge in [0.05, 0.1) is 5.92 Å². The molecule has 0 aromatic heterocycles. The molecular weight excluding hydrogens is 154 g/mol. The molecule has 0 aromatic rings. The second-order valence-corrected chi connectivity index (χ2v) is 2.42. The molecule has 0 radical (unpaired) electrons. The Bertz CT molecular complexity index is 106. The van der Waals surface area contributed by atoms with Crippen molar-refractivity contribution >= 4 is 18.4 Å². The number of nitrogens with two attached hydrogens (primary N) is 1. The van der Waals surface area contributed by atoms with E-state index < -0.39 is 5.97 Å². The summed E-state index contributed by atoms with van der Waals surface area (Å²) in [5.74, 6) is -1.05. The van der Waals surface area contributed by atoms with Gasteiger partial charge in [0.25, 0.3) is 0 Å². The molecule has 0 aliphatic carbocycles. The number of halogens is 1. The summed E-state index contributed by atoms with van der Waals surface area (Å²) in [6.07, 6.45) is 0. The Morgan fingerprint density at radius 2 is 2.00 bits per heavy atom. The van der Waals surface area contributed by atoms with Crippen LogP contribution >= 0.6 is 12.4 Å². The highest BCUT2D eigenvalue weighted by molar-refractivity contribution is 5.85. The number of carboxylic acids is 1. The third-order valence-corrected chi connectivity index (χ3v) is 1.38. The SMILES string of the molecule is CC(C)[C@@H](CN)C(=O)O.Cl. The van der Waals surface area contributed by atoms with Crippen LogP contribution in [0.15, 0.2) is 0 Å². The van der Waals surface area contributed by atoms with E-state index in [4.69, 9.17) is 10.8 Å². The number of carbonyl (C=O) groups is 1. The lowest BCUT2D eigenvalue weighted by atomic mass is 9.97. The van der Waals surface area contributed by atoms with Crippen LogP contribution in [-0.4, -0.2) is 17.6 Å². The summed E-state index contributed by atoms with van der Waals surface area (Å²) < 4.78 is 0. The van der Waals surface area contributed by atoms with Gasteiger partial charge in [-0.3, -0.25) is 4.79 Å². The molecule has 0 rings (SSSR count). The van der Waals surface area contributed by atoms with Crippen molar-refractivity contribution in [3.05, 3.63) is 0 Å². The van der Waals surface area contributed by atoms with Gasteiger partial charge in [-0.05, 0) is 5.92 Å². The normalized spacial score (nSPS) is 12.4. The first-order valence-electron chi connectivity index (χ1n) is 3.02. The molecule has 0 saturated heterocycles. The van der Waals surface area contributed by atoms with Gasteiger partial charge in [0.2, 0.25) is 0 Å². The molecule has 0 aliphatic rings. The van der Waals surface area contributed by atoms with Crippen LogP contribution in [0, 0.1) is 11.8 Å². The van der Waals surface area contributed by atoms with Gasteiger partial charge < -0.3 is 10.8 Å². The lowest BCUT2D eigenvalue weighted by Crippen LogP contribution is -2.27. The largest absolute Gasteiger partial charge is 0.481 e. The zero-order chi connectivity index (χ0) is 7.44. The number of rotatable bonds is 3. The highest BCUT2D eigenvalue weighted by atomic mass is 35.5. The minimum absolute atomic E-state index is 0. The van der Waals surface area contributed by atoms with Gasteiger partial charge in [0, 0.05) is 6.54 Å². The first kappa shape index (κ1) is 12.4. The zero-order valence-electron chi connectivity index (χ0n) is 6.20. The van der Waals surface area contributed by atoms with Crippen molar-refractivity contribution in [2.75, 3.05) is 6.54 Å². The van der Waals surface area contributed by atoms with Crippen LogP contribution in [0.25, 0.3) is 0 Å². The Morgan fingerprint density at radius 1 is 1.60 bits per heavy atom. The second kappa shape index (κ2) is 5.50. The van der Waals surface area contributed by atoms with Gasteiger partial charge in [-0.25, -0.2) is 0 Å². The molecule has 0 amide bonds. The van der Waals surface area contributed by atoms with Crippen LogP contribution in [0.3, 0.4) is 0 Å². The third-order valence-electron chi connectivity index (χ3n) is 1.38. The average molecular weight is 168 g/mol. The fourth-order valence-corrected chi connectivity index (χ4v) is 0.658. The average Bonchev–Trinajstić information content (AvgIpc) is 1.64. The van der Waals surface area contributed by atoms with E-state index in [0.717, 1.165) is 0 Å². The molecule has 0 spiro atoms.